The summed E-state index contributed by atoms with van der Waals surface area (Å²) in [5.41, 5.74) is 0.253. The molecule has 1 aliphatic rings. The van der Waals surface area contributed by atoms with Gasteiger partial charge in [0, 0.05) is 20.2 Å². The molecule has 2 rings (SSSR count). The van der Waals surface area contributed by atoms with Crippen LogP contribution in [0.1, 0.15) is 35.9 Å². The molecular formula is C12H20N4O4S. The lowest BCUT2D eigenvalue weighted by Gasteiger charge is -2.15. The van der Waals surface area contributed by atoms with E-state index in [1.54, 1.807) is 7.11 Å². The summed E-state index contributed by atoms with van der Waals surface area (Å²) >= 11 is 0. The fourth-order valence-electron chi connectivity index (χ4n) is 2.49. The van der Waals surface area contributed by atoms with Crippen LogP contribution in [0.2, 0.25) is 0 Å². The first-order valence-corrected chi connectivity index (χ1v) is 8.35. The molecule has 1 aromatic heterocycles. The summed E-state index contributed by atoms with van der Waals surface area (Å²) in [6.07, 6.45) is 1.88. The summed E-state index contributed by atoms with van der Waals surface area (Å²) in [4.78, 5) is 13.8. The SMILES string of the molecule is CCCc1[nH]nc(C(=O)N2CCC(OC)C2)c1S(N)(=O)=O. The van der Waals surface area contributed by atoms with Crippen molar-refractivity contribution >= 4 is 15.9 Å². The first kappa shape index (κ1) is 15.9. The van der Waals surface area contributed by atoms with Crippen LogP contribution in [-0.2, 0) is 21.2 Å². The molecule has 0 aromatic carbocycles. The number of nitrogens with zero attached hydrogens (tertiary/aromatic N) is 2. The van der Waals surface area contributed by atoms with E-state index in [-0.39, 0.29) is 16.7 Å². The smallest absolute Gasteiger partial charge is 0.275 e. The highest BCUT2D eigenvalue weighted by atomic mass is 32.2. The molecule has 0 spiro atoms. The summed E-state index contributed by atoms with van der Waals surface area (Å²) in [6.45, 7) is 2.84. The topological polar surface area (TPSA) is 118 Å². The third kappa shape index (κ3) is 3.25. The highest BCUT2D eigenvalue weighted by Crippen LogP contribution is 2.22. The number of hydrogen-bond donors (Lipinski definition) is 2. The van der Waals surface area contributed by atoms with Crippen molar-refractivity contribution in [3.05, 3.63) is 11.4 Å². The van der Waals surface area contributed by atoms with Crippen molar-refractivity contribution in [3.63, 3.8) is 0 Å². The number of aryl methyl sites for hydroxylation is 1. The van der Waals surface area contributed by atoms with E-state index in [0.717, 1.165) is 6.42 Å². The van der Waals surface area contributed by atoms with Crippen LogP contribution in [0.4, 0.5) is 0 Å². The van der Waals surface area contributed by atoms with E-state index in [4.69, 9.17) is 9.88 Å². The lowest BCUT2D eigenvalue weighted by Crippen LogP contribution is -2.32. The van der Waals surface area contributed by atoms with Gasteiger partial charge in [0.15, 0.2) is 5.69 Å². The Morgan fingerprint density at radius 2 is 2.29 bits per heavy atom. The molecule has 0 radical (unpaired) electrons. The van der Waals surface area contributed by atoms with Gasteiger partial charge in [0.2, 0.25) is 10.0 Å². The van der Waals surface area contributed by atoms with Gasteiger partial charge in [-0.3, -0.25) is 9.89 Å². The minimum Gasteiger partial charge on any atom is -0.380 e. The number of methoxy groups -OCH3 is 1. The number of nitrogens with two attached hydrogens (primary N) is 1. The van der Waals surface area contributed by atoms with Gasteiger partial charge in [-0.2, -0.15) is 5.10 Å². The van der Waals surface area contributed by atoms with Crippen molar-refractivity contribution in [2.75, 3.05) is 20.2 Å². The summed E-state index contributed by atoms with van der Waals surface area (Å²) in [5, 5.41) is 11.7. The van der Waals surface area contributed by atoms with Gasteiger partial charge in [-0.1, -0.05) is 13.3 Å². The number of hydrogen-bond acceptors (Lipinski definition) is 5. The fraction of sp³-hybridized carbons (Fsp3) is 0.667. The maximum Gasteiger partial charge on any atom is 0.275 e. The quantitative estimate of drug-likeness (QED) is 0.784. The van der Waals surface area contributed by atoms with E-state index < -0.39 is 15.9 Å². The Morgan fingerprint density at radius 3 is 2.81 bits per heavy atom. The number of carbonyl (C=O) groups is 1. The minimum absolute atomic E-state index is 0.0269. The number of amides is 1. The molecule has 1 amide bonds. The molecule has 8 nitrogen and oxygen atoms in total. The number of nitrogens with one attached hydrogen (secondary N) is 1. The van der Waals surface area contributed by atoms with Gasteiger partial charge < -0.3 is 9.64 Å². The number of rotatable bonds is 5. The Hall–Kier alpha value is -1.45. The standard InChI is InChI=1S/C12H20N4O4S/c1-3-4-9-11(21(13,18)19)10(15-14-9)12(17)16-6-5-8(7-16)20-2/h8H,3-7H2,1-2H3,(H,14,15)(H2,13,18,19). The molecule has 3 N–H and O–H groups in total. The number of sulfonamides is 1. The van der Waals surface area contributed by atoms with Crippen molar-refractivity contribution in [3.8, 4) is 0 Å². The van der Waals surface area contributed by atoms with Crippen molar-refractivity contribution in [1.29, 1.82) is 0 Å². The Labute approximate surface area is 123 Å². The van der Waals surface area contributed by atoms with Gasteiger partial charge in [0.05, 0.1) is 11.8 Å². The second kappa shape index (κ2) is 6.12. The number of carbonyl (C=O) groups excluding carboxylic acids is 1. The third-order valence-electron chi connectivity index (χ3n) is 3.54. The molecule has 0 aliphatic carbocycles. The van der Waals surface area contributed by atoms with Crippen LogP contribution in [0.3, 0.4) is 0 Å². The molecule has 0 bridgehead atoms. The zero-order chi connectivity index (χ0) is 15.6. The van der Waals surface area contributed by atoms with Gasteiger partial charge in [0.1, 0.15) is 4.90 Å². The highest BCUT2D eigenvalue weighted by Gasteiger charge is 2.33. The van der Waals surface area contributed by atoms with Crippen molar-refractivity contribution in [2.24, 2.45) is 5.14 Å². The van der Waals surface area contributed by atoms with Gasteiger partial charge in [-0.25, -0.2) is 13.6 Å². The van der Waals surface area contributed by atoms with Crippen molar-refractivity contribution < 1.29 is 17.9 Å². The molecule has 1 saturated heterocycles. The maximum atomic E-state index is 12.5. The second-order valence-corrected chi connectivity index (χ2v) is 6.57. The molecule has 1 aliphatic heterocycles. The van der Waals surface area contributed by atoms with Crippen LogP contribution in [0, 0.1) is 0 Å². The number of aromatic amines is 1. The molecule has 1 unspecified atom stereocenters. The van der Waals surface area contributed by atoms with Crippen molar-refractivity contribution in [1.82, 2.24) is 15.1 Å². The minimum atomic E-state index is -4.01. The van der Waals surface area contributed by atoms with E-state index in [0.29, 0.717) is 31.6 Å². The third-order valence-corrected chi connectivity index (χ3v) is 4.55. The predicted octanol–water partition coefficient (Wildman–Crippen LogP) is -0.129. The Balaban J connectivity index is 2.34. The number of ether oxygens (including phenoxy) is 1. The van der Waals surface area contributed by atoms with Crippen LogP contribution >= 0.6 is 0 Å². The molecule has 2 heterocycles. The molecule has 1 aromatic rings. The molecule has 1 atom stereocenters. The zero-order valence-corrected chi connectivity index (χ0v) is 12.9. The molecule has 21 heavy (non-hydrogen) atoms. The molecule has 0 saturated carbocycles. The maximum absolute atomic E-state index is 12.5. The zero-order valence-electron chi connectivity index (χ0n) is 12.1. The van der Waals surface area contributed by atoms with Gasteiger partial charge in [-0.15, -0.1) is 0 Å². The van der Waals surface area contributed by atoms with E-state index in [2.05, 4.69) is 10.2 Å². The summed E-state index contributed by atoms with van der Waals surface area (Å²) in [5.74, 6) is -0.433. The number of likely N-dealkylation sites (tertiary alicyclic amines) is 1. The lowest BCUT2D eigenvalue weighted by molar-refractivity contribution is 0.0715. The molecular weight excluding hydrogens is 296 g/mol. The summed E-state index contributed by atoms with van der Waals surface area (Å²) in [6, 6.07) is 0. The van der Waals surface area contributed by atoms with E-state index in [9.17, 15) is 13.2 Å². The second-order valence-electron chi connectivity index (χ2n) is 5.07. The Kier molecular flexibility index (Phi) is 4.64. The van der Waals surface area contributed by atoms with E-state index >= 15 is 0 Å². The summed E-state index contributed by atoms with van der Waals surface area (Å²) < 4.78 is 28.7. The van der Waals surface area contributed by atoms with Gasteiger partial charge >= 0.3 is 0 Å². The Bertz CT molecular complexity index is 625. The molecule has 118 valence electrons. The van der Waals surface area contributed by atoms with Crippen LogP contribution in [-0.4, -0.2) is 55.7 Å². The molecule has 9 heteroatoms. The first-order valence-electron chi connectivity index (χ1n) is 6.80. The average molecular weight is 316 g/mol. The van der Waals surface area contributed by atoms with E-state index in [1.165, 1.54) is 4.90 Å². The van der Waals surface area contributed by atoms with Gasteiger partial charge in [-0.05, 0) is 12.8 Å². The lowest BCUT2D eigenvalue weighted by atomic mass is 10.2. The monoisotopic (exact) mass is 316 g/mol. The average Bonchev–Trinajstić information content (AvgIpc) is 3.03. The Morgan fingerprint density at radius 1 is 1.57 bits per heavy atom. The van der Waals surface area contributed by atoms with E-state index in [1.807, 2.05) is 6.92 Å². The van der Waals surface area contributed by atoms with Crippen molar-refractivity contribution in [2.45, 2.75) is 37.2 Å². The van der Waals surface area contributed by atoms with Crippen LogP contribution in [0.25, 0.3) is 0 Å². The van der Waals surface area contributed by atoms with Gasteiger partial charge in [0.25, 0.3) is 5.91 Å². The largest absolute Gasteiger partial charge is 0.380 e. The van der Waals surface area contributed by atoms with Crippen LogP contribution in [0.15, 0.2) is 4.90 Å². The first-order chi connectivity index (χ1) is 9.88. The normalized spacial score (nSPS) is 19.2. The molecule has 1 fully saturated rings. The fourth-order valence-corrected chi connectivity index (χ4v) is 3.39. The van der Waals surface area contributed by atoms with Crippen LogP contribution < -0.4 is 5.14 Å². The van der Waals surface area contributed by atoms with Crippen LogP contribution in [0.5, 0.6) is 0 Å². The summed E-state index contributed by atoms with van der Waals surface area (Å²) in [7, 11) is -2.42. The number of primary sulfonamides is 1. The highest BCUT2D eigenvalue weighted by molar-refractivity contribution is 7.89. The number of aromatic nitrogens is 2. The number of H-pyrrole nitrogens is 1. The predicted molar refractivity (Wildman–Crippen MR) is 75.3 cm³/mol.